The van der Waals surface area contributed by atoms with Crippen LogP contribution in [0.2, 0.25) is 0 Å². The van der Waals surface area contributed by atoms with Gasteiger partial charge in [-0.3, -0.25) is 4.79 Å². The average molecular weight is 391 g/mol. The van der Waals surface area contributed by atoms with Crippen molar-refractivity contribution in [1.82, 2.24) is 5.32 Å². The molecular weight excluding hydrogens is 368 g/mol. The fourth-order valence-corrected chi connectivity index (χ4v) is 2.93. The summed E-state index contributed by atoms with van der Waals surface area (Å²) in [4.78, 5) is 23.7. The number of nitrogens with one attached hydrogen (secondary N) is 1. The minimum Gasteiger partial charge on any atom is -0.481 e. The average Bonchev–Trinajstić information content (AvgIpc) is 2.58. The van der Waals surface area contributed by atoms with Crippen LogP contribution in [0.15, 0.2) is 30.3 Å². The lowest BCUT2D eigenvalue weighted by atomic mass is 10.1. The van der Waals surface area contributed by atoms with E-state index >= 15 is 0 Å². The monoisotopic (exact) mass is 391 g/mol. The Kier molecular flexibility index (Phi) is 7.09. The maximum atomic E-state index is 13.7. The SMILES string of the molecule is Cc1cc(C)c(OCC(=O)OCC(=O)N[C@@H](C)c2ccc(F)cc2F)c(C)c1. The van der Waals surface area contributed by atoms with Gasteiger partial charge in [0.1, 0.15) is 17.4 Å². The van der Waals surface area contributed by atoms with Gasteiger partial charge in [-0.25, -0.2) is 13.6 Å². The Hall–Kier alpha value is -2.96. The van der Waals surface area contributed by atoms with E-state index in [1.807, 2.05) is 32.9 Å². The van der Waals surface area contributed by atoms with Crippen LogP contribution in [0.25, 0.3) is 0 Å². The molecule has 0 aliphatic heterocycles. The Morgan fingerprint density at radius 2 is 1.68 bits per heavy atom. The Balaban J connectivity index is 1.81. The summed E-state index contributed by atoms with van der Waals surface area (Å²) in [5, 5.41) is 2.49. The fraction of sp³-hybridized carbons (Fsp3) is 0.333. The van der Waals surface area contributed by atoms with Gasteiger partial charge in [0.25, 0.3) is 5.91 Å². The Morgan fingerprint density at radius 1 is 1.04 bits per heavy atom. The molecule has 0 radical (unpaired) electrons. The normalized spacial score (nSPS) is 11.6. The van der Waals surface area contributed by atoms with Crippen LogP contribution in [0.3, 0.4) is 0 Å². The maximum Gasteiger partial charge on any atom is 0.344 e. The smallest absolute Gasteiger partial charge is 0.344 e. The van der Waals surface area contributed by atoms with E-state index in [0.717, 1.165) is 28.8 Å². The zero-order chi connectivity index (χ0) is 20.8. The predicted octanol–water partition coefficient (Wildman–Crippen LogP) is 3.69. The van der Waals surface area contributed by atoms with Crippen LogP contribution < -0.4 is 10.1 Å². The molecule has 0 saturated heterocycles. The first kappa shape index (κ1) is 21.3. The second-order valence-electron chi connectivity index (χ2n) is 6.63. The molecule has 0 spiro atoms. The number of benzene rings is 2. The summed E-state index contributed by atoms with van der Waals surface area (Å²) in [6, 6.07) is 6.27. The Labute approximate surface area is 162 Å². The second-order valence-corrected chi connectivity index (χ2v) is 6.63. The summed E-state index contributed by atoms with van der Waals surface area (Å²) in [7, 11) is 0. The summed E-state index contributed by atoms with van der Waals surface area (Å²) in [6.45, 7) is 6.41. The first-order valence-corrected chi connectivity index (χ1v) is 8.78. The van der Waals surface area contributed by atoms with Gasteiger partial charge in [-0.1, -0.05) is 23.8 Å². The number of aryl methyl sites for hydroxylation is 3. The number of halogens is 2. The number of esters is 1. The van der Waals surface area contributed by atoms with E-state index in [4.69, 9.17) is 9.47 Å². The number of amides is 1. The van der Waals surface area contributed by atoms with Gasteiger partial charge < -0.3 is 14.8 Å². The number of carbonyl (C=O) groups excluding carboxylic acids is 2. The van der Waals surface area contributed by atoms with Gasteiger partial charge >= 0.3 is 5.97 Å². The number of hydrogen-bond donors (Lipinski definition) is 1. The highest BCUT2D eigenvalue weighted by atomic mass is 19.1. The van der Waals surface area contributed by atoms with Crippen molar-refractivity contribution in [3.05, 3.63) is 64.2 Å². The summed E-state index contributed by atoms with van der Waals surface area (Å²) in [5.41, 5.74) is 3.03. The van der Waals surface area contributed by atoms with Gasteiger partial charge in [0.2, 0.25) is 0 Å². The molecule has 28 heavy (non-hydrogen) atoms. The minimum absolute atomic E-state index is 0.134. The van der Waals surface area contributed by atoms with Crippen molar-refractivity contribution >= 4 is 11.9 Å². The van der Waals surface area contributed by atoms with Gasteiger partial charge in [0.05, 0.1) is 6.04 Å². The molecule has 150 valence electrons. The highest BCUT2D eigenvalue weighted by molar-refractivity contribution is 5.81. The molecule has 0 aliphatic carbocycles. The van der Waals surface area contributed by atoms with E-state index < -0.39 is 36.2 Å². The second kappa shape index (κ2) is 9.30. The molecule has 2 aromatic rings. The first-order chi connectivity index (χ1) is 13.2. The van der Waals surface area contributed by atoms with E-state index in [0.29, 0.717) is 5.75 Å². The molecule has 5 nitrogen and oxygen atoms in total. The van der Waals surface area contributed by atoms with Crippen molar-refractivity contribution in [2.75, 3.05) is 13.2 Å². The van der Waals surface area contributed by atoms with Gasteiger partial charge in [0, 0.05) is 11.6 Å². The third-order valence-electron chi connectivity index (χ3n) is 4.11. The van der Waals surface area contributed by atoms with Crippen molar-refractivity contribution in [3.8, 4) is 5.75 Å². The van der Waals surface area contributed by atoms with E-state index in [1.54, 1.807) is 6.92 Å². The minimum atomic E-state index is -0.762. The largest absolute Gasteiger partial charge is 0.481 e. The lowest BCUT2D eigenvalue weighted by molar-refractivity contribution is -0.150. The van der Waals surface area contributed by atoms with Crippen LogP contribution in [0, 0.1) is 32.4 Å². The zero-order valence-electron chi connectivity index (χ0n) is 16.3. The van der Waals surface area contributed by atoms with Crippen molar-refractivity contribution in [3.63, 3.8) is 0 Å². The zero-order valence-corrected chi connectivity index (χ0v) is 16.3. The molecular formula is C21H23F2NO4. The lowest BCUT2D eigenvalue weighted by Gasteiger charge is -2.15. The molecule has 0 bridgehead atoms. The molecule has 0 heterocycles. The fourth-order valence-electron chi connectivity index (χ4n) is 2.93. The first-order valence-electron chi connectivity index (χ1n) is 8.78. The third-order valence-corrected chi connectivity index (χ3v) is 4.11. The quantitative estimate of drug-likeness (QED) is 0.731. The molecule has 2 rings (SSSR count). The highest BCUT2D eigenvalue weighted by Crippen LogP contribution is 2.24. The Bertz CT molecular complexity index is 860. The van der Waals surface area contributed by atoms with Gasteiger partial charge in [-0.15, -0.1) is 0 Å². The van der Waals surface area contributed by atoms with Crippen LogP contribution in [0.4, 0.5) is 8.78 Å². The maximum absolute atomic E-state index is 13.7. The van der Waals surface area contributed by atoms with E-state index in [2.05, 4.69) is 5.32 Å². The predicted molar refractivity (Wildman–Crippen MR) is 100 cm³/mol. The third kappa shape index (κ3) is 5.77. The van der Waals surface area contributed by atoms with E-state index in [9.17, 15) is 18.4 Å². The van der Waals surface area contributed by atoms with E-state index in [1.165, 1.54) is 6.07 Å². The molecule has 0 unspecified atom stereocenters. The molecule has 0 aromatic heterocycles. The molecule has 2 aromatic carbocycles. The summed E-state index contributed by atoms with van der Waals surface area (Å²) >= 11 is 0. The van der Waals surface area contributed by atoms with Crippen LogP contribution in [0.5, 0.6) is 5.75 Å². The van der Waals surface area contributed by atoms with Crippen LogP contribution in [-0.4, -0.2) is 25.1 Å². The van der Waals surface area contributed by atoms with Crippen molar-refractivity contribution < 1.29 is 27.8 Å². The van der Waals surface area contributed by atoms with Gasteiger partial charge in [-0.2, -0.15) is 0 Å². The van der Waals surface area contributed by atoms with Gasteiger partial charge in [-0.05, 0) is 44.9 Å². The molecule has 7 heteroatoms. The van der Waals surface area contributed by atoms with Crippen molar-refractivity contribution in [2.24, 2.45) is 0 Å². The number of rotatable bonds is 7. The van der Waals surface area contributed by atoms with E-state index in [-0.39, 0.29) is 12.2 Å². The summed E-state index contributed by atoms with van der Waals surface area (Å²) in [6.07, 6.45) is 0. The number of ether oxygens (including phenoxy) is 2. The molecule has 0 aliphatic rings. The summed E-state index contributed by atoms with van der Waals surface area (Å²) in [5.74, 6) is -2.16. The van der Waals surface area contributed by atoms with Crippen molar-refractivity contribution in [1.29, 1.82) is 0 Å². The molecule has 1 N–H and O–H groups in total. The molecule has 1 atom stereocenters. The van der Waals surface area contributed by atoms with Crippen LogP contribution in [-0.2, 0) is 14.3 Å². The highest BCUT2D eigenvalue weighted by Gasteiger charge is 2.16. The van der Waals surface area contributed by atoms with Crippen molar-refractivity contribution in [2.45, 2.75) is 33.7 Å². The number of hydrogen-bond acceptors (Lipinski definition) is 4. The van der Waals surface area contributed by atoms with Crippen LogP contribution in [0.1, 0.15) is 35.2 Å². The molecule has 0 fully saturated rings. The topological polar surface area (TPSA) is 64.6 Å². The lowest BCUT2D eigenvalue weighted by Crippen LogP contribution is -2.32. The van der Waals surface area contributed by atoms with Crippen LogP contribution >= 0.6 is 0 Å². The summed E-state index contributed by atoms with van der Waals surface area (Å²) < 4.78 is 37.1. The van der Waals surface area contributed by atoms with Gasteiger partial charge in [0.15, 0.2) is 13.2 Å². The molecule has 0 saturated carbocycles. The standard InChI is InChI=1S/C21H23F2NO4/c1-12-7-13(2)21(14(3)8-12)28-11-20(26)27-10-19(25)24-15(4)17-6-5-16(22)9-18(17)23/h5-9,15H,10-11H2,1-4H3,(H,24,25)/t15-/m0/s1. The Morgan fingerprint density at radius 3 is 2.29 bits per heavy atom. The molecule has 1 amide bonds. The number of carbonyl (C=O) groups is 2.